The zero-order valence-corrected chi connectivity index (χ0v) is 28.3. The van der Waals surface area contributed by atoms with Crippen LogP contribution in [0.5, 0.6) is 23.0 Å². The summed E-state index contributed by atoms with van der Waals surface area (Å²) < 4.78 is 12.1. The molecular formula is C43H30O10. The number of benzene rings is 6. The van der Waals surface area contributed by atoms with Crippen LogP contribution in [0.1, 0.15) is 74.8 Å². The Bertz CT molecular complexity index is 2340. The van der Waals surface area contributed by atoms with Gasteiger partial charge < -0.3 is 29.9 Å². The van der Waals surface area contributed by atoms with Crippen molar-refractivity contribution in [1.29, 1.82) is 0 Å². The van der Waals surface area contributed by atoms with E-state index in [4.69, 9.17) is 9.47 Å². The molecule has 0 spiro atoms. The molecule has 6 aromatic rings. The molecular weight excluding hydrogens is 676 g/mol. The molecule has 10 heteroatoms. The minimum Gasteiger partial charge on any atom is -0.478 e. The number of ether oxygens (including phenoxy) is 2. The van der Waals surface area contributed by atoms with Crippen molar-refractivity contribution in [2.45, 2.75) is 19.3 Å². The maximum absolute atomic E-state index is 12.1. The molecule has 0 heterocycles. The predicted molar refractivity (Wildman–Crippen MR) is 194 cm³/mol. The van der Waals surface area contributed by atoms with Gasteiger partial charge in [-0.15, -0.1) is 0 Å². The zero-order valence-electron chi connectivity index (χ0n) is 28.3. The molecule has 0 aliphatic heterocycles. The molecule has 53 heavy (non-hydrogen) atoms. The predicted octanol–water partition coefficient (Wildman–Crippen LogP) is 9.04. The summed E-state index contributed by atoms with van der Waals surface area (Å²) in [5.41, 5.74) is 4.94. The van der Waals surface area contributed by atoms with Crippen molar-refractivity contribution < 1.29 is 49.1 Å². The van der Waals surface area contributed by atoms with Crippen LogP contribution in [0.3, 0.4) is 0 Å². The molecule has 0 fully saturated rings. The number of hydrogen-bond donors (Lipinski definition) is 4. The fourth-order valence-corrected chi connectivity index (χ4v) is 7.49. The Morgan fingerprint density at radius 2 is 0.849 bits per heavy atom. The van der Waals surface area contributed by atoms with E-state index in [-0.39, 0.29) is 11.5 Å². The van der Waals surface area contributed by atoms with Crippen LogP contribution in [0.2, 0.25) is 0 Å². The third kappa shape index (κ3) is 5.62. The number of carboxylic acid groups (broad SMARTS) is 4. The largest absolute Gasteiger partial charge is 0.478 e. The minimum absolute atomic E-state index is 0.109. The molecule has 4 N–H and O–H groups in total. The van der Waals surface area contributed by atoms with Gasteiger partial charge in [-0.1, -0.05) is 72.8 Å². The highest BCUT2D eigenvalue weighted by Gasteiger charge is 2.47. The van der Waals surface area contributed by atoms with Crippen molar-refractivity contribution in [2.24, 2.45) is 0 Å². The summed E-state index contributed by atoms with van der Waals surface area (Å²) in [5, 5.41) is 38.9. The lowest BCUT2D eigenvalue weighted by atomic mass is 9.65. The summed E-state index contributed by atoms with van der Waals surface area (Å²) in [6, 6.07) is 35.2. The topological polar surface area (TPSA) is 168 Å². The lowest BCUT2D eigenvalue weighted by Crippen LogP contribution is -2.30. The van der Waals surface area contributed by atoms with Gasteiger partial charge in [0.15, 0.2) is 0 Å². The standard InChI is InChI=1S/C43H30O10/c1-23-21-25(52-35-15-7-11-29(39(44)45)37(35)41(48)49)17-19-31(23)43(33-13-5-3-9-27(33)28-10-4-6-14-34(28)43)32-20-18-26(22-24(32)2)53-36-16-8-12-30(40(46)47)38(36)42(50)51/h3-22H,1-2H3,(H,44,45)(H,46,47)(H,48,49)(H,50,51). The van der Waals surface area contributed by atoms with Crippen LogP contribution in [0.25, 0.3) is 11.1 Å². The quantitative estimate of drug-likeness (QED) is 0.108. The molecule has 0 saturated carbocycles. The summed E-state index contributed by atoms with van der Waals surface area (Å²) >= 11 is 0. The average molecular weight is 707 g/mol. The molecule has 0 radical (unpaired) electrons. The van der Waals surface area contributed by atoms with Crippen molar-refractivity contribution >= 4 is 23.9 Å². The van der Waals surface area contributed by atoms with Gasteiger partial charge in [-0.2, -0.15) is 0 Å². The number of hydrogen-bond acceptors (Lipinski definition) is 6. The second kappa shape index (κ2) is 13.2. The van der Waals surface area contributed by atoms with E-state index in [1.807, 2.05) is 50.2 Å². The molecule has 262 valence electrons. The van der Waals surface area contributed by atoms with Crippen LogP contribution in [-0.4, -0.2) is 44.3 Å². The summed E-state index contributed by atoms with van der Waals surface area (Å²) in [6.07, 6.45) is 0. The van der Waals surface area contributed by atoms with E-state index in [9.17, 15) is 39.6 Å². The van der Waals surface area contributed by atoms with Crippen molar-refractivity contribution in [3.63, 3.8) is 0 Å². The molecule has 6 aromatic carbocycles. The second-order valence-corrected chi connectivity index (χ2v) is 12.6. The zero-order chi connectivity index (χ0) is 37.6. The molecule has 0 atom stereocenters. The van der Waals surface area contributed by atoms with E-state index in [0.717, 1.165) is 44.5 Å². The van der Waals surface area contributed by atoms with Crippen molar-refractivity contribution in [2.75, 3.05) is 0 Å². The molecule has 10 nitrogen and oxygen atoms in total. The van der Waals surface area contributed by atoms with Crippen molar-refractivity contribution in [3.05, 3.63) is 177 Å². The van der Waals surface area contributed by atoms with Gasteiger partial charge in [0.2, 0.25) is 0 Å². The van der Waals surface area contributed by atoms with Crippen LogP contribution in [-0.2, 0) is 5.41 Å². The van der Waals surface area contributed by atoms with Gasteiger partial charge in [0.25, 0.3) is 0 Å². The van der Waals surface area contributed by atoms with Gasteiger partial charge in [0, 0.05) is 0 Å². The SMILES string of the molecule is Cc1cc(Oc2cccc(C(=O)O)c2C(=O)O)ccc1C1(c2ccc(Oc3cccc(C(=O)O)c3C(=O)O)cc2C)c2ccccc2-c2ccccc21. The summed E-state index contributed by atoms with van der Waals surface area (Å²) in [5.74, 6) is -5.23. The van der Waals surface area contributed by atoms with E-state index in [2.05, 4.69) is 24.3 Å². The molecule has 0 unspecified atom stereocenters. The smallest absolute Gasteiger partial charge is 0.340 e. The molecule has 0 aromatic heterocycles. The van der Waals surface area contributed by atoms with E-state index in [1.165, 1.54) is 36.4 Å². The first-order chi connectivity index (χ1) is 25.4. The van der Waals surface area contributed by atoms with Gasteiger partial charge in [0.05, 0.1) is 16.5 Å². The maximum Gasteiger partial charge on any atom is 0.340 e. The first kappa shape index (κ1) is 34.3. The van der Waals surface area contributed by atoms with E-state index in [1.54, 1.807) is 24.3 Å². The van der Waals surface area contributed by atoms with Gasteiger partial charge >= 0.3 is 23.9 Å². The van der Waals surface area contributed by atoms with Crippen LogP contribution < -0.4 is 9.47 Å². The summed E-state index contributed by atoms with van der Waals surface area (Å²) in [7, 11) is 0. The monoisotopic (exact) mass is 706 g/mol. The lowest BCUT2D eigenvalue weighted by molar-refractivity contribution is 0.0649. The van der Waals surface area contributed by atoms with Gasteiger partial charge in [-0.05, 0) is 107 Å². The van der Waals surface area contributed by atoms with E-state index < -0.39 is 51.5 Å². The third-order valence-electron chi connectivity index (χ3n) is 9.55. The number of carbonyl (C=O) groups is 4. The van der Waals surface area contributed by atoms with E-state index >= 15 is 0 Å². The number of fused-ring (bicyclic) bond motifs is 3. The molecule has 1 aliphatic rings. The first-order valence-corrected chi connectivity index (χ1v) is 16.4. The highest BCUT2D eigenvalue weighted by Crippen LogP contribution is 2.57. The molecule has 1 aliphatic carbocycles. The summed E-state index contributed by atoms with van der Waals surface area (Å²) in [4.78, 5) is 47.8. The fourth-order valence-electron chi connectivity index (χ4n) is 7.49. The van der Waals surface area contributed by atoms with Crippen LogP contribution in [0.4, 0.5) is 0 Å². The van der Waals surface area contributed by atoms with Gasteiger partial charge in [-0.3, -0.25) is 0 Å². The number of rotatable bonds is 10. The Hall–Kier alpha value is -7.20. The normalized spacial score (nSPS) is 12.3. The van der Waals surface area contributed by atoms with Crippen LogP contribution >= 0.6 is 0 Å². The summed E-state index contributed by atoms with van der Waals surface area (Å²) in [6.45, 7) is 3.85. The number of aryl methyl sites for hydroxylation is 2. The van der Waals surface area contributed by atoms with Crippen LogP contribution in [0, 0.1) is 13.8 Å². The Labute approximate surface area is 302 Å². The highest BCUT2D eigenvalue weighted by molar-refractivity contribution is 6.04. The number of aromatic carboxylic acids is 4. The van der Waals surface area contributed by atoms with E-state index in [0.29, 0.717) is 11.5 Å². The highest BCUT2D eigenvalue weighted by atomic mass is 16.5. The Morgan fingerprint density at radius 1 is 0.453 bits per heavy atom. The third-order valence-corrected chi connectivity index (χ3v) is 9.55. The number of carboxylic acids is 4. The Kier molecular flexibility index (Phi) is 8.51. The second-order valence-electron chi connectivity index (χ2n) is 12.6. The fraction of sp³-hybridized carbons (Fsp3) is 0.0698. The molecule has 0 saturated heterocycles. The molecule has 0 bridgehead atoms. The molecule has 7 rings (SSSR count). The Balaban J connectivity index is 1.39. The van der Waals surface area contributed by atoms with Crippen LogP contribution in [0.15, 0.2) is 121 Å². The first-order valence-electron chi connectivity index (χ1n) is 16.4. The van der Waals surface area contributed by atoms with Crippen molar-refractivity contribution in [1.82, 2.24) is 0 Å². The maximum atomic E-state index is 12.1. The van der Waals surface area contributed by atoms with Gasteiger partial charge in [0.1, 0.15) is 34.1 Å². The minimum atomic E-state index is -1.43. The Morgan fingerprint density at radius 3 is 1.21 bits per heavy atom. The molecule has 0 amide bonds. The van der Waals surface area contributed by atoms with Gasteiger partial charge in [-0.25, -0.2) is 19.2 Å². The lowest BCUT2D eigenvalue weighted by Gasteiger charge is -2.36. The average Bonchev–Trinajstić information content (AvgIpc) is 3.42. The van der Waals surface area contributed by atoms with Crippen molar-refractivity contribution in [3.8, 4) is 34.1 Å².